The number of hydrogen-bond donors (Lipinski definition) is 1. The second-order valence-corrected chi connectivity index (χ2v) is 10.1. The highest BCUT2D eigenvalue weighted by Crippen LogP contribution is 2.39. The third-order valence-electron chi connectivity index (χ3n) is 4.99. The lowest BCUT2D eigenvalue weighted by atomic mass is 10.1. The van der Waals surface area contributed by atoms with Crippen LogP contribution in [0.25, 0.3) is 10.1 Å². The molecule has 0 saturated carbocycles. The summed E-state index contributed by atoms with van der Waals surface area (Å²) in [4.78, 5) is 15.4. The van der Waals surface area contributed by atoms with Crippen LogP contribution in [0.3, 0.4) is 0 Å². The maximum Gasteiger partial charge on any atom is 0.283 e. The first-order valence-corrected chi connectivity index (χ1v) is 12.5. The molecule has 1 saturated heterocycles. The first-order valence-electron chi connectivity index (χ1n) is 9.73. The van der Waals surface area contributed by atoms with E-state index in [9.17, 15) is 4.79 Å². The zero-order chi connectivity index (χ0) is 21.8. The van der Waals surface area contributed by atoms with Gasteiger partial charge in [0.1, 0.15) is 10.6 Å². The van der Waals surface area contributed by atoms with Gasteiger partial charge in [-0.25, -0.2) is 5.43 Å². The molecule has 1 N–H and O–H groups in total. The van der Waals surface area contributed by atoms with E-state index >= 15 is 0 Å². The Morgan fingerprint density at radius 3 is 2.81 bits per heavy atom. The number of carbonyl (C=O) groups excluding carboxylic acids is 1. The van der Waals surface area contributed by atoms with Gasteiger partial charge in [0.2, 0.25) is 0 Å². The molecule has 1 aliphatic heterocycles. The Hall–Kier alpha value is -1.77. The van der Waals surface area contributed by atoms with Gasteiger partial charge in [-0.2, -0.15) is 16.9 Å². The van der Waals surface area contributed by atoms with Gasteiger partial charge < -0.3 is 4.74 Å². The fourth-order valence-electron chi connectivity index (χ4n) is 3.44. The molecule has 4 rings (SSSR count). The third-order valence-corrected chi connectivity index (χ3v) is 7.90. The minimum absolute atomic E-state index is 0.352. The van der Waals surface area contributed by atoms with E-state index in [1.165, 1.54) is 11.3 Å². The fourth-order valence-corrected chi connectivity index (χ4v) is 6.26. The summed E-state index contributed by atoms with van der Waals surface area (Å²) in [6.07, 6.45) is 1.63. The molecule has 9 heteroatoms. The van der Waals surface area contributed by atoms with Crippen LogP contribution in [0.2, 0.25) is 10.0 Å². The molecule has 2 heterocycles. The summed E-state index contributed by atoms with van der Waals surface area (Å²) >= 11 is 15.9. The van der Waals surface area contributed by atoms with Gasteiger partial charge in [0.15, 0.2) is 0 Å². The quantitative estimate of drug-likeness (QED) is 0.362. The maximum atomic E-state index is 12.6. The van der Waals surface area contributed by atoms with E-state index < -0.39 is 0 Å². The number of nitrogens with zero attached hydrogens (tertiary/aromatic N) is 2. The summed E-state index contributed by atoms with van der Waals surface area (Å²) in [7, 11) is 1.68. The Morgan fingerprint density at radius 2 is 2.06 bits per heavy atom. The van der Waals surface area contributed by atoms with E-state index in [-0.39, 0.29) is 5.91 Å². The van der Waals surface area contributed by atoms with Crippen molar-refractivity contribution in [2.45, 2.75) is 6.54 Å². The molecule has 0 spiro atoms. The average Bonchev–Trinajstić information content (AvgIpc) is 3.12. The Labute approximate surface area is 199 Å². The van der Waals surface area contributed by atoms with Crippen molar-refractivity contribution in [1.29, 1.82) is 0 Å². The topological polar surface area (TPSA) is 53.9 Å². The molecule has 1 amide bonds. The normalized spacial score (nSPS) is 14.9. The fraction of sp³-hybridized carbons (Fsp3) is 0.273. The minimum Gasteiger partial charge on any atom is -0.496 e. The van der Waals surface area contributed by atoms with Gasteiger partial charge in [0.05, 0.1) is 23.4 Å². The molecule has 1 aromatic heterocycles. The van der Waals surface area contributed by atoms with Crippen LogP contribution in [-0.2, 0) is 6.54 Å². The lowest BCUT2D eigenvalue weighted by Crippen LogP contribution is -2.32. The smallest absolute Gasteiger partial charge is 0.283 e. The predicted octanol–water partition coefficient (Wildman–Crippen LogP) is 5.53. The van der Waals surface area contributed by atoms with Crippen LogP contribution in [-0.4, -0.2) is 48.7 Å². The highest BCUT2D eigenvalue weighted by atomic mass is 35.5. The minimum atomic E-state index is -0.363. The zero-order valence-electron chi connectivity index (χ0n) is 16.9. The van der Waals surface area contributed by atoms with Crippen molar-refractivity contribution in [3.8, 4) is 5.75 Å². The Balaban J connectivity index is 1.47. The molecular weight excluding hydrogens is 473 g/mol. The summed E-state index contributed by atoms with van der Waals surface area (Å²) < 4.78 is 6.39. The van der Waals surface area contributed by atoms with Crippen LogP contribution < -0.4 is 10.2 Å². The molecule has 0 aliphatic carbocycles. The molecule has 0 bridgehead atoms. The van der Waals surface area contributed by atoms with Gasteiger partial charge in [0.25, 0.3) is 5.91 Å². The number of amides is 1. The van der Waals surface area contributed by atoms with E-state index in [0.29, 0.717) is 20.3 Å². The number of halogens is 2. The van der Waals surface area contributed by atoms with Crippen LogP contribution in [0, 0.1) is 0 Å². The van der Waals surface area contributed by atoms with Crippen molar-refractivity contribution in [2.24, 2.45) is 5.10 Å². The third kappa shape index (κ3) is 5.18. The largest absolute Gasteiger partial charge is 0.496 e. The zero-order valence-corrected chi connectivity index (χ0v) is 20.0. The molecule has 0 unspecified atom stereocenters. The highest BCUT2D eigenvalue weighted by molar-refractivity contribution is 7.99. The standard InChI is InChI=1S/C22H21Cl2N3O2S2/c1-29-17-6-5-14(11-15(17)13-27-7-9-30-10-8-27)12-25-26-22(28)21-20(24)19-16(23)3-2-4-18(19)31-21/h2-6,11-12H,7-10,13H2,1H3,(H,26,28)/b25-12+. The number of thioether (sulfide) groups is 1. The summed E-state index contributed by atoms with van der Waals surface area (Å²) in [5.41, 5.74) is 4.55. The van der Waals surface area contributed by atoms with Crippen LogP contribution in [0.4, 0.5) is 0 Å². The number of nitrogens with one attached hydrogen (secondary N) is 1. The predicted molar refractivity (Wildman–Crippen MR) is 133 cm³/mol. The summed E-state index contributed by atoms with van der Waals surface area (Å²) in [6, 6.07) is 11.4. The molecule has 31 heavy (non-hydrogen) atoms. The first kappa shape index (κ1) is 22.4. The maximum absolute atomic E-state index is 12.6. The van der Waals surface area contributed by atoms with Crippen LogP contribution in [0.15, 0.2) is 41.5 Å². The number of benzene rings is 2. The average molecular weight is 494 g/mol. The molecular formula is C22H21Cl2N3O2S2. The number of fused-ring (bicyclic) bond motifs is 1. The summed E-state index contributed by atoms with van der Waals surface area (Å²) in [5.74, 6) is 2.80. The van der Waals surface area contributed by atoms with E-state index in [1.807, 2.05) is 42.1 Å². The second-order valence-electron chi connectivity index (χ2n) is 7.02. The molecule has 0 atom stereocenters. The Morgan fingerprint density at radius 1 is 1.26 bits per heavy atom. The Bertz CT molecular complexity index is 1130. The number of methoxy groups -OCH3 is 1. The number of carbonyl (C=O) groups is 1. The highest BCUT2D eigenvalue weighted by Gasteiger charge is 2.18. The van der Waals surface area contributed by atoms with Crippen molar-refractivity contribution in [2.75, 3.05) is 31.7 Å². The molecule has 3 aromatic rings. The SMILES string of the molecule is COc1ccc(/C=N/NC(=O)c2sc3cccc(Cl)c3c2Cl)cc1CN1CCSCC1. The van der Waals surface area contributed by atoms with Gasteiger partial charge in [0, 0.05) is 46.8 Å². The molecule has 2 aromatic carbocycles. The van der Waals surface area contributed by atoms with Crippen molar-refractivity contribution in [3.05, 3.63) is 62.4 Å². The number of hydrazone groups is 1. The first-order chi connectivity index (χ1) is 15.1. The second kappa shape index (κ2) is 10.2. The van der Waals surface area contributed by atoms with Gasteiger partial charge in [-0.05, 0) is 35.9 Å². The van der Waals surface area contributed by atoms with Crippen LogP contribution in [0.5, 0.6) is 5.75 Å². The molecule has 5 nitrogen and oxygen atoms in total. The van der Waals surface area contributed by atoms with E-state index in [4.69, 9.17) is 27.9 Å². The number of thiophene rings is 1. The molecule has 162 valence electrons. The van der Waals surface area contributed by atoms with Crippen molar-refractivity contribution < 1.29 is 9.53 Å². The van der Waals surface area contributed by atoms with Gasteiger partial charge in [-0.1, -0.05) is 29.3 Å². The Kier molecular flexibility index (Phi) is 7.40. The molecule has 0 radical (unpaired) electrons. The van der Waals surface area contributed by atoms with E-state index in [1.54, 1.807) is 19.4 Å². The summed E-state index contributed by atoms with van der Waals surface area (Å²) in [6.45, 7) is 2.97. The van der Waals surface area contributed by atoms with Gasteiger partial charge in [-0.3, -0.25) is 9.69 Å². The lowest BCUT2D eigenvalue weighted by Gasteiger charge is -2.26. The molecule has 1 fully saturated rings. The number of rotatable bonds is 6. The van der Waals surface area contributed by atoms with E-state index in [0.717, 1.165) is 52.7 Å². The van der Waals surface area contributed by atoms with Crippen molar-refractivity contribution in [1.82, 2.24) is 10.3 Å². The van der Waals surface area contributed by atoms with Gasteiger partial charge in [-0.15, -0.1) is 11.3 Å². The lowest BCUT2D eigenvalue weighted by molar-refractivity contribution is 0.0959. The summed E-state index contributed by atoms with van der Waals surface area (Å²) in [5, 5.41) is 5.70. The van der Waals surface area contributed by atoms with E-state index in [2.05, 4.69) is 15.4 Å². The van der Waals surface area contributed by atoms with Crippen LogP contribution >= 0.6 is 46.3 Å². The molecule has 1 aliphatic rings. The number of ether oxygens (including phenoxy) is 1. The van der Waals surface area contributed by atoms with Crippen LogP contribution in [0.1, 0.15) is 20.8 Å². The van der Waals surface area contributed by atoms with Crippen molar-refractivity contribution in [3.63, 3.8) is 0 Å². The van der Waals surface area contributed by atoms with Crippen molar-refractivity contribution >= 4 is 68.5 Å². The monoisotopic (exact) mass is 493 g/mol. The van der Waals surface area contributed by atoms with Gasteiger partial charge >= 0.3 is 0 Å². The number of hydrogen-bond acceptors (Lipinski definition) is 6.